The molecule has 1 aliphatic rings. The first-order valence-corrected chi connectivity index (χ1v) is 5.29. The van der Waals surface area contributed by atoms with Gasteiger partial charge in [-0.2, -0.15) is 12.6 Å². The molecule has 0 radical (unpaired) electrons. The molecule has 0 bridgehead atoms. The van der Waals surface area contributed by atoms with Crippen LogP contribution in [-0.4, -0.2) is 17.8 Å². The van der Waals surface area contributed by atoms with Crippen molar-refractivity contribution in [3.05, 3.63) is 12.2 Å². The molecule has 1 rings (SSSR count). The number of esters is 1. The molecule has 1 heterocycles. The summed E-state index contributed by atoms with van der Waals surface area (Å²) in [6, 6.07) is 0. The van der Waals surface area contributed by atoms with Crippen LogP contribution >= 0.6 is 12.6 Å². The maximum Gasteiger partial charge on any atom is 0.306 e. The van der Waals surface area contributed by atoms with Crippen molar-refractivity contribution < 1.29 is 9.53 Å². The molecule has 13 heavy (non-hydrogen) atoms. The van der Waals surface area contributed by atoms with E-state index >= 15 is 0 Å². The quantitative estimate of drug-likeness (QED) is 0.369. The van der Waals surface area contributed by atoms with E-state index in [0.717, 1.165) is 25.7 Å². The van der Waals surface area contributed by atoms with Gasteiger partial charge in [0.1, 0.15) is 6.61 Å². The third kappa shape index (κ3) is 4.98. The summed E-state index contributed by atoms with van der Waals surface area (Å²) in [7, 11) is 0. The summed E-state index contributed by atoms with van der Waals surface area (Å²) in [6.07, 6.45) is 8.72. The molecule has 1 unspecified atom stereocenters. The number of carbonyl (C=O) groups is 1. The van der Waals surface area contributed by atoms with Crippen LogP contribution in [0.4, 0.5) is 0 Å². The van der Waals surface area contributed by atoms with Gasteiger partial charge in [0.15, 0.2) is 0 Å². The highest BCUT2D eigenvalue weighted by molar-refractivity contribution is 7.81. The van der Waals surface area contributed by atoms with Gasteiger partial charge in [-0.15, -0.1) is 0 Å². The van der Waals surface area contributed by atoms with Crippen molar-refractivity contribution in [1.82, 2.24) is 0 Å². The summed E-state index contributed by atoms with van der Waals surface area (Å²) in [5.41, 5.74) is 0. The Hall–Kier alpha value is -0.440. The summed E-state index contributed by atoms with van der Waals surface area (Å²) in [4.78, 5) is 11.1. The van der Waals surface area contributed by atoms with Crippen LogP contribution < -0.4 is 0 Å². The SMILES string of the molecule is O=C1CC/C=C/CCCC(S)CO1. The highest BCUT2D eigenvalue weighted by atomic mass is 32.1. The monoisotopic (exact) mass is 200 g/mol. The zero-order valence-electron chi connectivity index (χ0n) is 7.74. The molecule has 0 aromatic carbocycles. The van der Waals surface area contributed by atoms with Crippen LogP contribution in [0.1, 0.15) is 32.1 Å². The summed E-state index contributed by atoms with van der Waals surface area (Å²) in [5, 5.41) is 0.204. The Morgan fingerprint density at radius 2 is 2.15 bits per heavy atom. The Bertz CT molecular complexity index is 189. The molecule has 0 saturated carbocycles. The maximum atomic E-state index is 11.1. The van der Waals surface area contributed by atoms with Gasteiger partial charge in [0.25, 0.3) is 0 Å². The van der Waals surface area contributed by atoms with Gasteiger partial charge in [-0.3, -0.25) is 4.79 Å². The Balaban J connectivity index is 2.37. The van der Waals surface area contributed by atoms with E-state index in [4.69, 9.17) is 4.74 Å². The largest absolute Gasteiger partial charge is 0.464 e. The number of hydrogen-bond acceptors (Lipinski definition) is 3. The number of thiol groups is 1. The number of hydrogen-bond donors (Lipinski definition) is 1. The third-order valence-electron chi connectivity index (χ3n) is 2.03. The van der Waals surface area contributed by atoms with E-state index in [9.17, 15) is 4.79 Å². The molecular formula is C10H16O2S. The second-order valence-electron chi connectivity index (χ2n) is 3.28. The first-order valence-electron chi connectivity index (χ1n) is 4.78. The van der Waals surface area contributed by atoms with Gasteiger partial charge >= 0.3 is 5.97 Å². The van der Waals surface area contributed by atoms with Gasteiger partial charge in [-0.05, 0) is 25.7 Å². The zero-order chi connectivity index (χ0) is 9.52. The molecule has 3 heteroatoms. The van der Waals surface area contributed by atoms with Crippen molar-refractivity contribution in [3.63, 3.8) is 0 Å². The number of rotatable bonds is 0. The van der Waals surface area contributed by atoms with E-state index in [1.54, 1.807) is 0 Å². The lowest BCUT2D eigenvalue weighted by Gasteiger charge is -2.09. The predicted octanol–water partition coefficient (Wildman–Crippen LogP) is 2.35. The van der Waals surface area contributed by atoms with Crippen molar-refractivity contribution in [2.24, 2.45) is 0 Å². The average molecular weight is 200 g/mol. The number of allylic oxidation sites excluding steroid dienone is 2. The molecule has 0 aliphatic carbocycles. The highest BCUT2D eigenvalue weighted by Crippen LogP contribution is 2.10. The average Bonchev–Trinajstić information content (AvgIpc) is 2.15. The Labute approximate surface area is 84.8 Å². The van der Waals surface area contributed by atoms with Crippen molar-refractivity contribution in [2.45, 2.75) is 37.4 Å². The molecule has 0 saturated heterocycles. The topological polar surface area (TPSA) is 26.3 Å². The molecule has 1 atom stereocenters. The third-order valence-corrected chi connectivity index (χ3v) is 2.43. The minimum Gasteiger partial charge on any atom is -0.464 e. The molecule has 74 valence electrons. The Morgan fingerprint density at radius 3 is 3.00 bits per heavy atom. The summed E-state index contributed by atoms with van der Waals surface area (Å²) in [6.45, 7) is 0.460. The van der Waals surface area contributed by atoms with Crippen LogP contribution in [-0.2, 0) is 9.53 Å². The standard InChI is InChI=1S/C10H16O2S/c11-10-7-5-3-1-2-4-6-9(13)8-12-10/h1,3,9,13H,2,4-8H2/b3-1+. The van der Waals surface area contributed by atoms with Gasteiger partial charge < -0.3 is 4.74 Å². The van der Waals surface area contributed by atoms with E-state index in [1.165, 1.54) is 0 Å². The van der Waals surface area contributed by atoms with Crippen LogP contribution in [0.3, 0.4) is 0 Å². The Kier molecular flexibility index (Phi) is 4.98. The van der Waals surface area contributed by atoms with Crippen molar-refractivity contribution >= 4 is 18.6 Å². The first kappa shape index (κ1) is 10.6. The second-order valence-corrected chi connectivity index (χ2v) is 4.01. The van der Waals surface area contributed by atoms with Crippen molar-refractivity contribution in [3.8, 4) is 0 Å². The molecule has 2 nitrogen and oxygen atoms in total. The molecule has 0 aromatic rings. The summed E-state index contributed by atoms with van der Waals surface area (Å²) < 4.78 is 5.04. The van der Waals surface area contributed by atoms with Gasteiger partial charge in [0.2, 0.25) is 0 Å². The summed E-state index contributed by atoms with van der Waals surface area (Å²) >= 11 is 4.34. The van der Waals surface area contributed by atoms with E-state index in [1.807, 2.05) is 0 Å². The van der Waals surface area contributed by atoms with Gasteiger partial charge in [-0.25, -0.2) is 0 Å². The number of carbonyl (C=O) groups excluding carboxylic acids is 1. The molecule has 1 aliphatic heterocycles. The molecule has 0 amide bonds. The van der Waals surface area contributed by atoms with E-state index in [0.29, 0.717) is 13.0 Å². The lowest BCUT2D eigenvalue weighted by molar-refractivity contribution is -0.143. The van der Waals surface area contributed by atoms with Crippen molar-refractivity contribution in [2.75, 3.05) is 6.61 Å². The van der Waals surface area contributed by atoms with Crippen LogP contribution in [0.5, 0.6) is 0 Å². The van der Waals surface area contributed by atoms with E-state index in [2.05, 4.69) is 24.8 Å². The lowest BCUT2D eigenvalue weighted by Crippen LogP contribution is -2.13. The van der Waals surface area contributed by atoms with Gasteiger partial charge in [0.05, 0.1) is 0 Å². The van der Waals surface area contributed by atoms with Crippen LogP contribution in [0.15, 0.2) is 12.2 Å². The van der Waals surface area contributed by atoms with Crippen LogP contribution in [0, 0.1) is 0 Å². The first-order chi connectivity index (χ1) is 6.29. The fourth-order valence-electron chi connectivity index (χ4n) is 1.25. The smallest absolute Gasteiger partial charge is 0.306 e. The molecule has 0 spiro atoms. The maximum absolute atomic E-state index is 11.1. The highest BCUT2D eigenvalue weighted by Gasteiger charge is 2.07. The van der Waals surface area contributed by atoms with E-state index in [-0.39, 0.29) is 11.2 Å². The van der Waals surface area contributed by atoms with Crippen LogP contribution in [0.2, 0.25) is 0 Å². The molecule has 0 aromatic heterocycles. The molecule has 0 fully saturated rings. The fraction of sp³-hybridized carbons (Fsp3) is 0.700. The Morgan fingerprint density at radius 1 is 1.38 bits per heavy atom. The zero-order valence-corrected chi connectivity index (χ0v) is 8.63. The van der Waals surface area contributed by atoms with Crippen molar-refractivity contribution in [1.29, 1.82) is 0 Å². The van der Waals surface area contributed by atoms with Gasteiger partial charge in [0, 0.05) is 11.7 Å². The molecular weight excluding hydrogens is 184 g/mol. The predicted molar refractivity (Wildman–Crippen MR) is 56.0 cm³/mol. The number of cyclic esters (lactones) is 1. The van der Waals surface area contributed by atoms with E-state index < -0.39 is 0 Å². The number of ether oxygens (including phenoxy) is 1. The molecule has 0 N–H and O–H groups in total. The minimum absolute atomic E-state index is 0.106. The van der Waals surface area contributed by atoms with Crippen LogP contribution in [0.25, 0.3) is 0 Å². The summed E-state index contributed by atoms with van der Waals surface area (Å²) in [5.74, 6) is -0.106. The fourth-order valence-corrected chi connectivity index (χ4v) is 1.51. The van der Waals surface area contributed by atoms with Gasteiger partial charge in [-0.1, -0.05) is 12.2 Å². The normalized spacial score (nSPS) is 28.7. The lowest BCUT2D eigenvalue weighted by atomic mass is 10.2. The second kappa shape index (κ2) is 6.08. The minimum atomic E-state index is -0.106.